The van der Waals surface area contributed by atoms with Gasteiger partial charge in [-0.15, -0.1) is 0 Å². The molecule has 13 heavy (non-hydrogen) atoms. The molecule has 0 nitrogen and oxygen atoms in total. The molecule has 0 atom stereocenters. The lowest BCUT2D eigenvalue weighted by molar-refractivity contribution is 0.252. The second kappa shape index (κ2) is 3.02. The first kappa shape index (κ1) is 8.55. The molecule has 0 aliphatic heterocycles. The van der Waals surface area contributed by atoms with Crippen LogP contribution in [0, 0.1) is 17.3 Å². The van der Waals surface area contributed by atoms with Gasteiger partial charge >= 0.3 is 0 Å². The number of allylic oxidation sites excluding steroid dienone is 8. The average molecular weight is 172 g/mol. The van der Waals surface area contributed by atoms with E-state index < -0.39 is 0 Å². The fourth-order valence-electron chi connectivity index (χ4n) is 2.08. The molecule has 0 heterocycles. The van der Waals surface area contributed by atoms with Gasteiger partial charge in [0.25, 0.3) is 0 Å². The summed E-state index contributed by atoms with van der Waals surface area (Å²) in [6.45, 7) is 4.67. The van der Waals surface area contributed by atoms with E-state index in [0.717, 1.165) is 0 Å². The molecule has 0 unspecified atom stereocenters. The molecule has 0 heteroatoms. The molecule has 0 saturated heterocycles. The summed E-state index contributed by atoms with van der Waals surface area (Å²) < 4.78 is 0. The molecule has 0 spiro atoms. The maximum atomic E-state index is 2.34. The molecule has 0 aromatic heterocycles. The fraction of sp³-hybridized carbons (Fsp3) is 0.385. The molecule has 0 aromatic carbocycles. The molecule has 0 amide bonds. The van der Waals surface area contributed by atoms with Crippen LogP contribution in [0.5, 0.6) is 0 Å². The van der Waals surface area contributed by atoms with Crippen molar-refractivity contribution in [2.45, 2.75) is 13.8 Å². The zero-order valence-corrected chi connectivity index (χ0v) is 8.27. The third-order valence-corrected chi connectivity index (χ3v) is 3.21. The third-order valence-electron chi connectivity index (χ3n) is 3.21. The van der Waals surface area contributed by atoms with Crippen LogP contribution in [-0.4, -0.2) is 0 Å². The first-order chi connectivity index (χ1) is 6.21. The van der Waals surface area contributed by atoms with Crippen LogP contribution in [0.4, 0.5) is 0 Å². The van der Waals surface area contributed by atoms with Crippen LogP contribution in [0.2, 0.25) is 0 Å². The Bertz CT molecular complexity index is 246. The lowest BCUT2D eigenvalue weighted by atomic mass is 9.70. The molecule has 0 radical (unpaired) electrons. The van der Waals surface area contributed by atoms with Crippen molar-refractivity contribution in [3.05, 3.63) is 48.6 Å². The van der Waals surface area contributed by atoms with Crippen molar-refractivity contribution in [3.8, 4) is 0 Å². The Morgan fingerprint density at radius 2 is 1.00 bits per heavy atom. The van der Waals surface area contributed by atoms with Crippen molar-refractivity contribution in [2.75, 3.05) is 0 Å². The number of hydrogen-bond donors (Lipinski definition) is 0. The van der Waals surface area contributed by atoms with Crippen molar-refractivity contribution in [2.24, 2.45) is 17.3 Å². The maximum absolute atomic E-state index is 2.34. The van der Waals surface area contributed by atoms with Crippen LogP contribution >= 0.6 is 0 Å². The Morgan fingerprint density at radius 3 is 1.31 bits per heavy atom. The van der Waals surface area contributed by atoms with E-state index in [-0.39, 0.29) is 0 Å². The van der Waals surface area contributed by atoms with Crippen LogP contribution in [-0.2, 0) is 0 Å². The molecule has 2 rings (SSSR count). The maximum Gasteiger partial charge on any atom is 0.00126 e. The van der Waals surface area contributed by atoms with Gasteiger partial charge in [-0.05, 0) is 5.41 Å². The molecule has 0 saturated carbocycles. The number of rotatable bonds is 2. The van der Waals surface area contributed by atoms with E-state index in [9.17, 15) is 0 Å². The monoisotopic (exact) mass is 172 g/mol. The van der Waals surface area contributed by atoms with Gasteiger partial charge in [0.15, 0.2) is 0 Å². The van der Waals surface area contributed by atoms with Gasteiger partial charge in [-0.25, -0.2) is 0 Å². The van der Waals surface area contributed by atoms with Crippen LogP contribution in [0.15, 0.2) is 48.6 Å². The predicted molar refractivity (Wildman–Crippen MR) is 57.3 cm³/mol. The molecule has 0 N–H and O–H groups in total. The van der Waals surface area contributed by atoms with E-state index in [1.54, 1.807) is 0 Å². The summed E-state index contributed by atoms with van der Waals surface area (Å²) in [5, 5.41) is 0. The molecule has 0 fully saturated rings. The first-order valence-electron chi connectivity index (χ1n) is 4.91. The topological polar surface area (TPSA) is 0 Å². The highest BCUT2D eigenvalue weighted by Gasteiger charge is 2.33. The highest BCUT2D eigenvalue weighted by molar-refractivity contribution is 5.26. The van der Waals surface area contributed by atoms with Crippen molar-refractivity contribution < 1.29 is 0 Å². The Balaban J connectivity index is 2.19. The molecular formula is C13H16. The van der Waals surface area contributed by atoms with Crippen molar-refractivity contribution in [1.82, 2.24) is 0 Å². The van der Waals surface area contributed by atoms with Crippen molar-refractivity contribution in [3.63, 3.8) is 0 Å². The molecule has 0 aromatic rings. The molecule has 2 aliphatic rings. The van der Waals surface area contributed by atoms with Gasteiger partial charge in [-0.2, -0.15) is 0 Å². The van der Waals surface area contributed by atoms with Crippen LogP contribution < -0.4 is 0 Å². The number of hydrogen-bond acceptors (Lipinski definition) is 0. The lowest BCUT2D eigenvalue weighted by Crippen LogP contribution is -2.27. The standard InChI is InChI=1S/C13H16/c1-13(2,11-7-3-4-8-11)12-9-5-6-10-12/h3-12H,1-2H3. The minimum Gasteiger partial charge on any atom is -0.0771 e. The second-order valence-corrected chi connectivity index (χ2v) is 4.41. The zero-order valence-electron chi connectivity index (χ0n) is 8.27. The van der Waals surface area contributed by atoms with Crippen molar-refractivity contribution in [1.29, 1.82) is 0 Å². The summed E-state index contributed by atoms with van der Waals surface area (Å²) in [4.78, 5) is 0. The third kappa shape index (κ3) is 1.41. The smallest absolute Gasteiger partial charge is 0.00126 e. The summed E-state index contributed by atoms with van der Waals surface area (Å²) in [7, 11) is 0. The summed E-state index contributed by atoms with van der Waals surface area (Å²) in [6, 6.07) is 0. The van der Waals surface area contributed by atoms with Crippen LogP contribution in [0.1, 0.15) is 13.8 Å². The first-order valence-corrected chi connectivity index (χ1v) is 4.91. The van der Waals surface area contributed by atoms with Crippen molar-refractivity contribution >= 4 is 0 Å². The highest BCUT2D eigenvalue weighted by atomic mass is 14.4. The van der Waals surface area contributed by atoms with Gasteiger partial charge in [0.05, 0.1) is 0 Å². The van der Waals surface area contributed by atoms with E-state index >= 15 is 0 Å². The zero-order chi connectivity index (χ0) is 9.31. The molecule has 0 bridgehead atoms. The quantitative estimate of drug-likeness (QED) is 0.598. The average Bonchev–Trinajstić information content (AvgIpc) is 2.78. The van der Waals surface area contributed by atoms with E-state index in [4.69, 9.17) is 0 Å². The largest absolute Gasteiger partial charge is 0.0771 e. The molecule has 2 aliphatic carbocycles. The van der Waals surface area contributed by atoms with Gasteiger partial charge in [-0.3, -0.25) is 0 Å². The van der Waals surface area contributed by atoms with Gasteiger partial charge in [0, 0.05) is 11.8 Å². The Hall–Kier alpha value is -1.04. The van der Waals surface area contributed by atoms with E-state index in [0.29, 0.717) is 17.3 Å². The van der Waals surface area contributed by atoms with Gasteiger partial charge in [0.1, 0.15) is 0 Å². The lowest BCUT2D eigenvalue weighted by Gasteiger charge is -2.33. The summed E-state index contributed by atoms with van der Waals surface area (Å²) in [5.74, 6) is 1.18. The minimum absolute atomic E-state index is 0.312. The molecular weight excluding hydrogens is 156 g/mol. The molecule has 68 valence electrons. The summed E-state index contributed by atoms with van der Waals surface area (Å²) >= 11 is 0. The Kier molecular flexibility index (Phi) is 1.99. The summed E-state index contributed by atoms with van der Waals surface area (Å²) in [6.07, 6.45) is 17.8. The Labute approximate surface area is 80.3 Å². The van der Waals surface area contributed by atoms with E-state index in [1.165, 1.54) is 0 Å². The predicted octanol–water partition coefficient (Wildman–Crippen LogP) is 3.50. The van der Waals surface area contributed by atoms with E-state index in [1.807, 2.05) is 0 Å². The highest BCUT2D eigenvalue weighted by Crippen LogP contribution is 2.41. The van der Waals surface area contributed by atoms with Crippen LogP contribution in [0.3, 0.4) is 0 Å². The second-order valence-electron chi connectivity index (χ2n) is 4.41. The Morgan fingerprint density at radius 1 is 0.692 bits per heavy atom. The van der Waals surface area contributed by atoms with Gasteiger partial charge in [-0.1, -0.05) is 62.5 Å². The fourth-order valence-corrected chi connectivity index (χ4v) is 2.08. The SMILES string of the molecule is CC(C)(C1C=CC=C1)C1C=CC=C1. The minimum atomic E-state index is 0.312. The van der Waals surface area contributed by atoms with Crippen LogP contribution in [0.25, 0.3) is 0 Å². The van der Waals surface area contributed by atoms with Gasteiger partial charge < -0.3 is 0 Å². The van der Waals surface area contributed by atoms with E-state index in [2.05, 4.69) is 62.5 Å². The van der Waals surface area contributed by atoms with Gasteiger partial charge in [0.2, 0.25) is 0 Å². The summed E-state index contributed by atoms with van der Waals surface area (Å²) in [5.41, 5.74) is 0.312. The normalized spacial score (nSPS) is 22.3.